The number of fused-ring (bicyclic) bond motifs is 1. The second kappa shape index (κ2) is 5.05. The average Bonchev–Trinajstić information content (AvgIpc) is 2.73. The molecule has 0 aliphatic heterocycles. The van der Waals surface area contributed by atoms with Crippen LogP contribution in [0.3, 0.4) is 0 Å². The van der Waals surface area contributed by atoms with E-state index in [1.54, 1.807) is 18.2 Å². The molecule has 2 aromatic rings. The largest absolute Gasteiger partial charge is 0.390 e. The van der Waals surface area contributed by atoms with Crippen molar-refractivity contribution in [2.24, 2.45) is 5.11 Å². The summed E-state index contributed by atoms with van der Waals surface area (Å²) in [6.45, 7) is 1.67. The van der Waals surface area contributed by atoms with E-state index in [1.165, 1.54) is 0 Å². The van der Waals surface area contributed by atoms with E-state index in [9.17, 15) is 10.2 Å². The molecule has 2 unspecified atom stereocenters. The molecule has 0 fully saturated rings. The molecule has 0 saturated carbocycles. The Kier molecular flexibility index (Phi) is 3.47. The van der Waals surface area contributed by atoms with Crippen LogP contribution in [0.25, 0.3) is 21.5 Å². The summed E-state index contributed by atoms with van der Waals surface area (Å²) in [5, 5.41) is 22.8. The Morgan fingerprint density at radius 3 is 3.00 bits per heavy atom. The van der Waals surface area contributed by atoms with Crippen molar-refractivity contribution < 1.29 is 10.2 Å². The zero-order valence-electron chi connectivity index (χ0n) is 9.78. The summed E-state index contributed by atoms with van der Waals surface area (Å²) in [6.07, 6.45) is -2.22. The van der Waals surface area contributed by atoms with Crippen LogP contribution >= 0.6 is 0 Å². The van der Waals surface area contributed by atoms with Crippen LogP contribution in [-0.2, 0) is 0 Å². The Morgan fingerprint density at radius 1 is 1.50 bits per heavy atom. The number of nitrogens with one attached hydrogen (secondary N) is 1. The summed E-state index contributed by atoms with van der Waals surface area (Å²) in [6, 6.07) is 5.17. The number of hydrogen-bond acceptors (Lipinski definition) is 4. The maximum absolute atomic E-state index is 9.91. The van der Waals surface area contributed by atoms with Crippen molar-refractivity contribution in [3.63, 3.8) is 0 Å². The lowest BCUT2D eigenvalue weighted by molar-refractivity contribution is 0.0245. The molecule has 0 saturated heterocycles. The van der Waals surface area contributed by atoms with Crippen LogP contribution < -0.4 is 0 Å². The van der Waals surface area contributed by atoms with E-state index in [4.69, 9.17) is 5.53 Å². The molecule has 1 heterocycles. The van der Waals surface area contributed by atoms with E-state index in [0.29, 0.717) is 5.56 Å². The fraction of sp³-hybridized carbons (Fsp3) is 0.364. The summed E-state index contributed by atoms with van der Waals surface area (Å²) in [4.78, 5) is 9.83. The molecular formula is C11H13N5O2. The van der Waals surface area contributed by atoms with Gasteiger partial charge in [-0.2, -0.15) is 0 Å². The lowest BCUT2D eigenvalue weighted by atomic mass is 10.0. The van der Waals surface area contributed by atoms with Crippen LogP contribution in [0.2, 0.25) is 0 Å². The van der Waals surface area contributed by atoms with E-state index in [1.807, 2.05) is 6.92 Å². The van der Waals surface area contributed by atoms with Gasteiger partial charge < -0.3 is 15.2 Å². The van der Waals surface area contributed by atoms with Crippen LogP contribution in [0.5, 0.6) is 0 Å². The Hall–Kier alpha value is -2.08. The molecule has 7 nitrogen and oxygen atoms in total. The van der Waals surface area contributed by atoms with Gasteiger partial charge in [0, 0.05) is 4.91 Å². The van der Waals surface area contributed by atoms with Crippen LogP contribution in [0.4, 0.5) is 0 Å². The Labute approximate surface area is 103 Å². The molecule has 1 aromatic heterocycles. The molecule has 18 heavy (non-hydrogen) atoms. The van der Waals surface area contributed by atoms with Crippen molar-refractivity contribution in [2.75, 3.05) is 6.54 Å². The number of aliphatic hydroxyl groups is 2. The highest BCUT2D eigenvalue weighted by molar-refractivity contribution is 5.75. The highest BCUT2D eigenvalue weighted by Crippen LogP contribution is 2.21. The maximum atomic E-state index is 9.91. The van der Waals surface area contributed by atoms with Gasteiger partial charge in [0.15, 0.2) is 0 Å². The van der Waals surface area contributed by atoms with Crippen molar-refractivity contribution in [3.05, 3.63) is 40.0 Å². The molecule has 0 spiro atoms. The lowest BCUT2D eigenvalue weighted by Crippen LogP contribution is -2.21. The van der Waals surface area contributed by atoms with Gasteiger partial charge in [-0.05, 0) is 30.2 Å². The normalized spacial score (nSPS) is 14.2. The van der Waals surface area contributed by atoms with E-state index in [0.717, 1.165) is 16.9 Å². The number of aromatic amines is 1. The minimum atomic E-state index is -1.12. The number of aliphatic hydroxyl groups excluding tert-OH is 2. The summed E-state index contributed by atoms with van der Waals surface area (Å²) in [5.41, 5.74) is 10.3. The van der Waals surface area contributed by atoms with Gasteiger partial charge in [-0.1, -0.05) is 11.2 Å². The SMILES string of the molecule is Cc1nc2ccc(C(O)C(O)CN=[N+]=[N-])cc2[nH]1. The molecule has 1 aromatic carbocycles. The number of aromatic nitrogens is 2. The summed E-state index contributed by atoms with van der Waals surface area (Å²) in [7, 11) is 0. The molecule has 0 amide bonds. The predicted octanol–water partition coefficient (Wildman–Crippen LogP) is 1.58. The third-order valence-corrected chi connectivity index (χ3v) is 2.66. The van der Waals surface area contributed by atoms with E-state index in [-0.39, 0.29) is 6.54 Å². The topological polar surface area (TPSA) is 118 Å². The first-order valence-corrected chi connectivity index (χ1v) is 5.45. The van der Waals surface area contributed by atoms with E-state index in [2.05, 4.69) is 20.0 Å². The molecule has 0 radical (unpaired) electrons. The maximum Gasteiger partial charge on any atom is 0.105 e. The van der Waals surface area contributed by atoms with Gasteiger partial charge in [0.1, 0.15) is 11.9 Å². The van der Waals surface area contributed by atoms with Gasteiger partial charge in [0.05, 0.1) is 23.7 Å². The van der Waals surface area contributed by atoms with Crippen LogP contribution in [0, 0.1) is 6.92 Å². The standard InChI is InChI=1S/C11H13N5O2/c1-6-14-8-3-2-7(4-9(8)15-6)11(18)10(17)5-13-16-12/h2-4,10-11,17-18H,5H2,1H3,(H,14,15). The second-order valence-electron chi connectivity index (χ2n) is 4.02. The first kappa shape index (κ1) is 12.4. The zero-order chi connectivity index (χ0) is 13.1. The minimum Gasteiger partial charge on any atom is -0.390 e. The molecule has 0 aliphatic rings. The van der Waals surface area contributed by atoms with Gasteiger partial charge >= 0.3 is 0 Å². The highest BCUT2D eigenvalue weighted by atomic mass is 16.3. The van der Waals surface area contributed by atoms with Crippen molar-refractivity contribution in [3.8, 4) is 0 Å². The van der Waals surface area contributed by atoms with E-state index >= 15 is 0 Å². The zero-order valence-corrected chi connectivity index (χ0v) is 9.78. The van der Waals surface area contributed by atoms with Crippen molar-refractivity contribution in [1.29, 1.82) is 0 Å². The number of H-pyrrole nitrogens is 1. The van der Waals surface area contributed by atoms with Gasteiger partial charge in [-0.25, -0.2) is 4.98 Å². The Bertz CT molecular complexity index is 602. The molecule has 3 N–H and O–H groups in total. The number of hydrogen-bond donors (Lipinski definition) is 3. The number of imidazole rings is 1. The third-order valence-electron chi connectivity index (χ3n) is 2.66. The molecule has 2 rings (SSSR count). The molecular weight excluding hydrogens is 234 g/mol. The molecule has 0 aliphatic carbocycles. The van der Waals surface area contributed by atoms with Crippen molar-refractivity contribution in [2.45, 2.75) is 19.1 Å². The summed E-state index contributed by atoms with van der Waals surface area (Å²) in [5.74, 6) is 0.784. The second-order valence-corrected chi connectivity index (χ2v) is 4.02. The fourth-order valence-corrected chi connectivity index (χ4v) is 1.78. The number of azide groups is 1. The first-order valence-electron chi connectivity index (χ1n) is 5.45. The molecule has 0 bridgehead atoms. The summed E-state index contributed by atoms with van der Waals surface area (Å²) >= 11 is 0. The first-order chi connectivity index (χ1) is 8.61. The lowest BCUT2D eigenvalue weighted by Gasteiger charge is -2.16. The van der Waals surface area contributed by atoms with Gasteiger partial charge in [0.2, 0.25) is 0 Å². The quantitative estimate of drug-likeness (QED) is 0.432. The van der Waals surface area contributed by atoms with Gasteiger partial charge in [-0.15, -0.1) is 0 Å². The molecule has 7 heteroatoms. The number of benzene rings is 1. The Balaban J connectivity index is 2.26. The monoisotopic (exact) mass is 247 g/mol. The minimum absolute atomic E-state index is 0.169. The number of aryl methyl sites for hydroxylation is 1. The summed E-state index contributed by atoms with van der Waals surface area (Å²) < 4.78 is 0. The van der Waals surface area contributed by atoms with E-state index < -0.39 is 12.2 Å². The van der Waals surface area contributed by atoms with Crippen LogP contribution in [0.1, 0.15) is 17.5 Å². The molecule has 94 valence electrons. The van der Waals surface area contributed by atoms with Gasteiger partial charge in [0.25, 0.3) is 0 Å². The predicted molar refractivity (Wildman–Crippen MR) is 65.8 cm³/mol. The smallest absolute Gasteiger partial charge is 0.105 e. The molecule has 2 atom stereocenters. The van der Waals surface area contributed by atoms with Gasteiger partial charge in [-0.3, -0.25) is 0 Å². The van der Waals surface area contributed by atoms with Crippen LogP contribution in [-0.4, -0.2) is 32.8 Å². The average molecular weight is 247 g/mol. The highest BCUT2D eigenvalue weighted by Gasteiger charge is 2.18. The number of rotatable bonds is 4. The van der Waals surface area contributed by atoms with Crippen molar-refractivity contribution in [1.82, 2.24) is 9.97 Å². The van der Waals surface area contributed by atoms with Crippen molar-refractivity contribution >= 4 is 11.0 Å². The fourth-order valence-electron chi connectivity index (χ4n) is 1.78. The Morgan fingerprint density at radius 2 is 2.28 bits per heavy atom. The third kappa shape index (κ3) is 2.43. The van der Waals surface area contributed by atoms with Crippen LogP contribution in [0.15, 0.2) is 23.3 Å². The number of nitrogens with zero attached hydrogens (tertiary/aromatic N) is 4.